The monoisotopic (exact) mass is 239 g/mol. The molecule has 1 aromatic heterocycles. The summed E-state index contributed by atoms with van der Waals surface area (Å²) in [6.45, 7) is 1.94. The summed E-state index contributed by atoms with van der Waals surface area (Å²) < 4.78 is 1.78. The Bertz CT molecular complexity index is 362. The quantitative estimate of drug-likeness (QED) is 0.731. The molecule has 2 atom stereocenters. The topological polar surface area (TPSA) is 81.1 Å². The number of rotatable bonds is 7. The Labute approximate surface area is 102 Å². The first-order valence-electron chi connectivity index (χ1n) is 5.93. The van der Waals surface area contributed by atoms with Crippen LogP contribution in [0.3, 0.4) is 0 Å². The maximum Gasteiger partial charge on any atom is 0.220 e. The van der Waals surface area contributed by atoms with Gasteiger partial charge < -0.3 is 10.8 Å². The van der Waals surface area contributed by atoms with E-state index in [0.717, 1.165) is 19.3 Å². The summed E-state index contributed by atoms with van der Waals surface area (Å²) in [6, 6.07) is 0. The third-order valence-corrected chi connectivity index (χ3v) is 2.95. The van der Waals surface area contributed by atoms with Gasteiger partial charge in [0.2, 0.25) is 5.91 Å². The van der Waals surface area contributed by atoms with Gasteiger partial charge in [-0.15, -0.1) is 0 Å². The van der Waals surface area contributed by atoms with Crippen molar-refractivity contribution in [3.8, 4) is 0 Å². The molecule has 5 heteroatoms. The van der Waals surface area contributed by atoms with Crippen LogP contribution in [0.4, 0.5) is 0 Å². The molecule has 0 spiro atoms. The standard InChI is InChI=1S/C12H21N3O2/c1-9(11(16)6-12(13)17)4-3-5-10-7-14-15(2)8-10/h7-9,11,16H,3-6H2,1-2H3,(H2,13,17)/t9-,11+/m1/s1. The molecule has 0 aromatic carbocycles. The average molecular weight is 239 g/mol. The number of aliphatic hydroxyl groups is 1. The fourth-order valence-corrected chi connectivity index (χ4v) is 1.83. The van der Waals surface area contributed by atoms with E-state index < -0.39 is 12.0 Å². The highest BCUT2D eigenvalue weighted by molar-refractivity contribution is 5.74. The Balaban J connectivity index is 2.24. The number of amides is 1. The molecule has 0 unspecified atom stereocenters. The molecular formula is C12H21N3O2. The lowest BCUT2D eigenvalue weighted by Crippen LogP contribution is -2.25. The number of primary amides is 1. The van der Waals surface area contributed by atoms with E-state index in [2.05, 4.69) is 5.10 Å². The molecule has 17 heavy (non-hydrogen) atoms. The molecule has 1 amide bonds. The molecule has 0 bridgehead atoms. The molecule has 0 aliphatic carbocycles. The molecule has 1 rings (SSSR count). The van der Waals surface area contributed by atoms with E-state index >= 15 is 0 Å². The smallest absolute Gasteiger partial charge is 0.220 e. The summed E-state index contributed by atoms with van der Waals surface area (Å²) in [5.41, 5.74) is 6.24. The fourth-order valence-electron chi connectivity index (χ4n) is 1.83. The van der Waals surface area contributed by atoms with Crippen molar-refractivity contribution in [2.45, 2.75) is 38.7 Å². The van der Waals surface area contributed by atoms with Gasteiger partial charge >= 0.3 is 0 Å². The van der Waals surface area contributed by atoms with Gasteiger partial charge in [0.25, 0.3) is 0 Å². The number of aryl methyl sites for hydroxylation is 2. The Morgan fingerprint density at radius 1 is 1.65 bits per heavy atom. The van der Waals surface area contributed by atoms with Crippen molar-refractivity contribution in [1.29, 1.82) is 0 Å². The van der Waals surface area contributed by atoms with Crippen LogP contribution in [-0.4, -0.2) is 26.9 Å². The highest BCUT2D eigenvalue weighted by Crippen LogP contribution is 2.15. The average Bonchev–Trinajstić information content (AvgIpc) is 2.63. The van der Waals surface area contributed by atoms with Gasteiger partial charge in [0, 0.05) is 13.2 Å². The van der Waals surface area contributed by atoms with E-state index in [-0.39, 0.29) is 12.3 Å². The molecule has 0 radical (unpaired) electrons. The number of hydrogen-bond donors (Lipinski definition) is 2. The van der Waals surface area contributed by atoms with Gasteiger partial charge in [-0.05, 0) is 30.7 Å². The summed E-state index contributed by atoms with van der Waals surface area (Å²) in [6.07, 6.45) is 6.07. The van der Waals surface area contributed by atoms with Crippen LogP contribution < -0.4 is 5.73 Å². The number of carbonyl (C=O) groups excluding carboxylic acids is 1. The lowest BCUT2D eigenvalue weighted by Gasteiger charge is -2.16. The Hall–Kier alpha value is -1.36. The van der Waals surface area contributed by atoms with Crippen molar-refractivity contribution < 1.29 is 9.90 Å². The number of nitrogens with zero attached hydrogens (tertiary/aromatic N) is 2. The van der Waals surface area contributed by atoms with Crippen molar-refractivity contribution in [3.63, 3.8) is 0 Å². The second kappa shape index (κ2) is 6.39. The Morgan fingerprint density at radius 3 is 2.88 bits per heavy atom. The van der Waals surface area contributed by atoms with Crippen LogP contribution in [0, 0.1) is 5.92 Å². The SMILES string of the molecule is C[C@H](CCCc1cnn(C)c1)[C@@H](O)CC(N)=O. The van der Waals surface area contributed by atoms with Crippen LogP contribution in [0.15, 0.2) is 12.4 Å². The Morgan fingerprint density at radius 2 is 2.35 bits per heavy atom. The van der Waals surface area contributed by atoms with Gasteiger partial charge in [-0.1, -0.05) is 6.92 Å². The molecule has 0 aliphatic heterocycles. The van der Waals surface area contributed by atoms with Crippen molar-refractivity contribution in [1.82, 2.24) is 9.78 Å². The maximum absolute atomic E-state index is 10.7. The largest absolute Gasteiger partial charge is 0.392 e. The van der Waals surface area contributed by atoms with Crippen LogP contribution in [0.2, 0.25) is 0 Å². The zero-order chi connectivity index (χ0) is 12.8. The van der Waals surface area contributed by atoms with Gasteiger partial charge in [0.15, 0.2) is 0 Å². The fraction of sp³-hybridized carbons (Fsp3) is 0.667. The number of aliphatic hydroxyl groups excluding tert-OH is 1. The molecule has 1 aromatic rings. The van der Waals surface area contributed by atoms with Crippen molar-refractivity contribution >= 4 is 5.91 Å². The predicted octanol–water partition coefficient (Wildman–Crippen LogP) is 0.615. The molecule has 0 aliphatic rings. The molecular weight excluding hydrogens is 218 g/mol. The van der Waals surface area contributed by atoms with E-state index in [1.54, 1.807) is 4.68 Å². The molecule has 1 heterocycles. The molecule has 0 saturated carbocycles. The lowest BCUT2D eigenvalue weighted by atomic mass is 9.95. The van der Waals surface area contributed by atoms with Crippen molar-refractivity contribution in [3.05, 3.63) is 18.0 Å². The summed E-state index contributed by atoms with van der Waals surface area (Å²) in [5, 5.41) is 13.8. The third kappa shape index (κ3) is 4.99. The number of hydrogen-bond acceptors (Lipinski definition) is 3. The second-order valence-corrected chi connectivity index (χ2v) is 4.63. The van der Waals surface area contributed by atoms with Crippen LogP contribution in [-0.2, 0) is 18.3 Å². The number of carbonyl (C=O) groups is 1. The first kappa shape index (κ1) is 13.7. The van der Waals surface area contributed by atoms with Crippen LogP contribution >= 0.6 is 0 Å². The van der Waals surface area contributed by atoms with Crippen molar-refractivity contribution in [2.24, 2.45) is 18.7 Å². The van der Waals surface area contributed by atoms with E-state index in [9.17, 15) is 9.90 Å². The van der Waals surface area contributed by atoms with Gasteiger partial charge in [0.1, 0.15) is 0 Å². The molecule has 0 fully saturated rings. The highest BCUT2D eigenvalue weighted by atomic mass is 16.3. The molecule has 96 valence electrons. The van der Waals surface area contributed by atoms with Crippen LogP contribution in [0.25, 0.3) is 0 Å². The summed E-state index contributed by atoms with van der Waals surface area (Å²) in [5.74, 6) is -0.351. The van der Waals surface area contributed by atoms with E-state index in [1.165, 1.54) is 5.56 Å². The number of nitrogens with two attached hydrogens (primary N) is 1. The third-order valence-electron chi connectivity index (χ3n) is 2.95. The minimum absolute atomic E-state index is 0.0497. The summed E-state index contributed by atoms with van der Waals surface area (Å²) in [7, 11) is 1.89. The first-order valence-corrected chi connectivity index (χ1v) is 5.93. The van der Waals surface area contributed by atoms with Crippen LogP contribution in [0.1, 0.15) is 31.7 Å². The molecule has 0 saturated heterocycles. The lowest BCUT2D eigenvalue weighted by molar-refractivity contribution is -0.120. The minimum Gasteiger partial charge on any atom is -0.392 e. The van der Waals surface area contributed by atoms with Crippen LogP contribution in [0.5, 0.6) is 0 Å². The molecule has 3 N–H and O–H groups in total. The van der Waals surface area contributed by atoms with Crippen molar-refractivity contribution in [2.75, 3.05) is 0 Å². The first-order chi connectivity index (χ1) is 7.99. The summed E-state index contributed by atoms with van der Waals surface area (Å²) in [4.78, 5) is 10.7. The molecule has 5 nitrogen and oxygen atoms in total. The van der Waals surface area contributed by atoms with Gasteiger partial charge in [-0.25, -0.2) is 0 Å². The number of aromatic nitrogens is 2. The zero-order valence-electron chi connectivity index (χ0n) is 10.5. The normalized spacial score (nSPS) is 14.5. The van der Waals surface area contributed by atoms with E-state index in [1.807, 2.05) is 26.4 Å². The second-order valence-electron chi connectivity index (χ2n) is 4.63. The zero-order valence-corrected chi connectivity index (χ0v) is 10.5. The van der Waals surface area contributed by atoms with E-state index in [0.29, 0.717) is 0 Å². The van der Waals surface area contributed by atoms with Gasteiger partial charge in [-0.2, -0.15) is 5.10 Å². The van der Waals surface area contributed by atoms with E-state index in [4.69, 9.17) is 5.73 Å². The maximum atomic E-state index is 10.7. The minimum atomic E-state index is -0.624. The van der Waals surface area contributed by atoms with Gasteiger partial charge in [-0.3, -0.25) is 9.48 Å². The highest BCUT2D eigenvalue weighted by Gasteiger charge is 2.16. The van der Waals surface area contributed by atoms with Gasteiger partial charge in [0.05, 0.1) is 18.7 Å². The summed E-state index contributed by atoms with van der Waals surface area (Å²) >= 11 is 0. The predicted molar refractivity (Wildman–Crippen MR) is 65.1 cm³/mol. The Kier molecular flexibility index (Phi) is 5.15.